The van der Waals surface area contributed by atoms with E-state index in [2.05, 4.69) is 20.8 Å². The number of aromatic nitrogens is 3. The Morgan fingerprint density at radius 3 is 2.37 bits per heavy atom. The Bertz CT molecular complexity index is 1030. The van der Waals surface area contributed by atoms with E-state index in [1.807, 2.05) is 42.8 Å². The molecule has 2 amide bonds. The highest BCUT2D eigenvalue weighted by Gasteiger charge is 2.12. The van der Waals surface area contributed by atoms with Gasteiger partial charge >= 0.3 is 0 Å². The van der Waals surface area contributed by atoms with Gasteiger partial charge in [0.05, 0.1) is 5.75 Å². The standard InChI is InChI=1S/C21H23N5O3S/c1-14-6-4-5-7-18(14)29-12-19-24-25-21(26(19)3)30-13-20(28)23-17-10-8-16(9-11-17)22-15(2)27/h4-11H,12-13H2,1-3H3,(H,22,27)(H,23,28). The zero-order valence-electron chi connectivity index (χ0n) is 17.0. The Morgan fingerprint density at radius 1 is 1.03 bits per heavy atom. The number of para-hydroxylation sites is 1. The summed E-state index contributed by atoms with van der Waals surface area (Å²) in [5.41, 5.74) is 2.38. The van der Waals surface area contributed by atoms with Gasteiger partial charge in [-0.1, -0.05) is 30.0 Å². The van der Waals surface area contributed by atoms with Gasteiger partial charge in [-0.3, -0.25) is 9.59 Å². The van der Waals surface area contributed by atoms with Gasteiger partial charge in [-0.25, -0.2) is 0 Å². The average Bonchev–Trinajstić information content (AvgIpc) is 3.06. The topological polar surface area (TPSA) is 98.1 Å². The molecule has 3 rings (SSSR count). The Kier molecular flexibility index (Phi) is 7.08. The van der Waals surface area contributed by atoms with E-state index in [-0.39, 0.29) is 17.6 Å². The molecule has 0 unspecified atom stereocenters. The van der Waals surface area contributed by atoms with Crippen LogP contribution in [0.3, 0.4) is 0 Å². The summed E-state index contributed by atoms with van der Waals surface area (Å²) in [5, 5.41) is 14.4. The highest BCUT2D eigenvalue weighted by atomic mass is 32.2. The van der Waals surface area contributed by atoms with Crippen LogP contribution in [0.25, 0.3) is 0 Å². The maximum Gasteiger partial charge on any atom is 0.234 e. The third-order valence-electron chi connectivity index (χ3n) is 4.20. The van der Waals surface area contributed by atoms with Gasteiger partial charge in [-0.05, 0) is 42.8 Å². The number of aryl methyl sites for hydroxylation is 1. The second-order valence-corrected chi connectivity index (χ2v) is 7.55. The number of ether oxygens (including phenoxy) is 1. The van der Waals surface area contributed by atoms with Crippen LogP contribution >= 0.6 is 11.8 Å². The zero-order valence-corrected chi connectivity index (χ0v) is 17.8. The molecular weight excluding hydrogens is 402 g/mol. The molecule has 0 spiro atoms. The molecule has 0 saturated carbocycles. The lowest BCUT2D eigenvalue weighted by atomic mass is 10.2. The summed E-state index contributed by atoms with van der Waals surface area (Å²) in [6.45, 7) is 3.72. The van der Waals surface area contributed by atoms with E-state index in [0.29, 0.717) is 29.0 Å². The van der Waals surface area contributed by atoms with Crippen molar-refractivity contribution < 1.29 is 14.3 Å². The van der Waals surface area contributed by atoms with E-state index < -0.39 is 0 Å². The summed E-state index contributed by atoms with van der Waals surface area (Å²) < 4.78 is 7.64. The smallest absolute Gasteiger partial charge is 0.234 e. The molecule has 30 heavy (non-hydrogen) atoms. The maximum absolute atomic E-state index is 12.2. The molecular formula is C21H23N5O3S. The average molecular weight is 426 g/mol. The van der Waals surface area contributed by atoms with Gasteiger partial charge in [0.2, 0.25) is 11.8 Å². The second kappa shape index (κ2) is 9.93. The number of hydrogen-bond acceptors (Lipinski definition) is 6. The van der Waals surface area contributed by atoms with Crippen molar-refractivity contribution in [3.63, 3.8) is 0 Å². The van der Waals surface area contributed by atoms with Crippen LogP contribution in [0.4, 0.5) is 11.4 Å². The predicted octanol–water partition coefficient (Wildman–Crippen LogP) is 3.39. The largest absolute Gasteiger partial charge is 0.485 e. The maximum atomic E-state index is 12.2. The zero-order chi connectivity index (χ0) is 21.5. The van der Waals surface area contributed by atoms with Crippen molar-refractivity contribution in [3.05, 3.63) is 59.9 Å². The van der Waals surface area contributed by atoms with Gasteiger partial charge in [0.25, 0.3) is 0 Å². The van der Waals surface area contributed by atoms with Crippen LogP contribution < -0.4 is 15.4 Å². The van der Waals surface area contributed by atoms with Crippen molar-refractivity contribution in [3.8, 4) is 5.75 Å². The first-order valence-electron chi connectivity index (χ1n) is 9.29. The molecule has 2 aromatic carbocycles. The Labute approximate surface area is 179 Å². The van der Waals surface area contributed by atoms with E-state index in [1.165, 1.54) is 18.7 Å². The fourth-order valence-electron chi connectivity index (χ4n) is 2.62. The van der Waals surface area contributed by atoms with Crippen LogP contribution in [0.2, 0.25) is 0 Å². The minimum Gasteiger partial charge on any atom is -0.485 e. The van der Waals surface area contributed by atoms with E-state index in [9.17, 15) is 9.59 Å². The molecule has 0 aliphatic heterocycles. The molecule has 0 saturated heterocycles. The lowest BCUT2D eigenvalue weighted by molar-refractivity contribution is -0.114. The number of thioether (sulfide) groups is 1. The van der Waals surface area contributed by atoms with Crippen molar-refractivity contribution in [2.75, 3.05) is 16.4 Å². The number of anilines is 2. The molecule has 2 N–H and O–H groups in total. The number of amides is 2. The van der Waals surface area contributed by atoms with Crippen LogP contribution in [-0.2, 0) is 23.2 Å². The van der Waals surface area contributed by atoms with Gasteiger partial charge in [-0.2, -0.15) is 0 Å². The fraction of sp³-hybridized carbons (Fsp3) is 0.238. The lowest BCUT2D eigenvalue weighted by Gasteiger charge is -2.09. The Balaban J connectivity index is 1.50. The molecule has 1 aromatic heterocycles. The summed E-state index contributed by atoms with van der Waals surface area (Å²) in [7, 11) is 1.84. The number of nitrogens with zero attached hydrogens (tertiary/aromatic N) is 3. The summed E-state index contributed by atoms with van der Waals surface area (Å²) in [6.07, 6.45) is 0. The summed E-state index contributed by atoms with van der Waals surface area (Å²) in [5.74, 6) is 1.37. The van der Waals surface area contributed by atoms with Crippen LogP contribution in [0.15, 0.2) is 53.7 Å². The number of nitrogens with one attached hydrogen (secondary N) is 2. The molecule has 1 heterocycles. The molecule has 3 aromatic rings. The fourth-order valence-corrected chi connectivity index (χ4v) is 3.35. The first-order valence-corrected chi connectivity index (χ1v) is 10.3. The number of hydrogen-bond donors (Lipinski definition) is 2. The number of carbonyl (C=O) groups excluding carboxylic acids is 2. The van der Waals surface area contributed by atoms with Crippen molar-refractivity contribution in [1.82, 2.24) is 14.8 Å². The summed E-state index contributed by atoms with van der Waals surface area (Å²) >= 11 is 1.30. The first kappa shape index (κ1) is 21.4. The molecule has 0 aliphatic rings. The normalized spacial score (nSPS) is 10.5. The SMILES string of the molecule is CC(=O)Nc1ccc(NC(=O)CSc2nnc(COc3ccccc3C)n2C)cc1. The molecule has 9 heteroatoms. The van der Waals surface area contributed by atoms with Gasteiger partial charge < -0.3 is 19.9 Å². The minimum atomic E-state index is -0.159. The van der Waals surface area contributed by atoms with E-state index in [1.54, 1.807) is 24.3 Å². The summed E-state index contributed by atoms with van der Waals surface area (Å²) in [6, 6.07) is 14.7. The first-order chi connectivity index (χ1) is 14.4. The Hall–Kier alpha value is -3.33. The second-order valence-electron chi connectivity index (χ2n) is 6.61. The predicted molar refractivity (Wildman–Crippen MR) is 117 cm³/mol. The number of benzene rings is 2. The van der Waals surface area contributed by atoms with Crippen molar-refractivity contribution >= 4 is 35.0 Å². The lowest BCUT2D eigenvalue weighted by Crippen LogP contribution is -2.14. The van der Waals surface area contributed by atoms with Crippen molar-refractivity contribution in [1.29, 1.82) is 0 Å². The molecule has 0 fully saturated rings. The van der Waals surface area contributed by atoms with Crippen LogP contribution in [0.5, 0.6) is 5.75 Å². The molecule has 156 valence electrons. The van der Waals surface area contributed by atoms with Crippen LogP contribution in [-0.4, -0.2) is 32.3 Å². The molecule has 0 atom stereocenters. The van der Waals surface area contributed by atoms with Gasteiger partial charge in [0.15, 0.2) is 11.0 Å². The number of rotatable bonds is 8. The molecule has 0 aliphatic carbocycles. The van der Waals surface area contributed by atoms with Gasteiger partial charge in [0, 0.05) is 25.3 Å². The minimum absolute atomic E-state index is 0.143. The molecule has 0 bridgehead atoms. The molecule has 0 radical (unpaired) electrons. The van der Waals surface area contributed by atoms with Gasteiger partial charge in [0.1, 0.15) is 12.4 Å². The van der Waals surface area contributed by atoms with E-state index in [4.69, 9.17) is 4.74 Å². The number of carbonyl (C=O) groups is 2. The quantitative estimate of drug-likeness (QED) is 0.537. The highest BCUT2D eigenvalue weighted by Crippen LogP contribution is 2.20. The molecule has 8 nitrogen and oxygen atoms in total. The van der Waals surface area contributed by atoms with Crippen molar-refractivity contribution in [2.45, 2.75) is 25.6 Å². The van der Waals surface area contributed by atoms with E-state index in [0.717, 1.165) is 11.3 Å². The van der Waals surface area contributed by atoms with Gasteiger partial charge in [-0.15, -0.1) is 10.2 Å². The monoisotopic (exact) mass is 425 g/mol. The van der Waals surface area contributed by atoms with Crippen molar-refractivity contribution in [2.24, 2.45) is 7.05 Å². The van der Waals surface area contributed by atoms with Crippen LogP contribution in [0, 0.1) is 6.92 Å². The van der Waals surface area contributed by atoms with Crippen LogP contribution in [0.1, 0.15) is 18.3 Å². The Morgan fingerprint density at radius 2 is 1.70 bits per heavy atom. The summed E-state index contributed by atoms with van der Waals surface area (Å²) in [4.78, 5) is 23.3. The third-order valence-corrected chi connectivity index (χ3v) is 5.22. The van der Waals surface area contributed by atoms with E-state index >= 15 is 0 Å². The third kappa shape index (κ3) is 5.84. The highest BCUT2D eigenvalue weighted by molar-refractivity contribution is 7.99.